The molecule has 0 atom stereocenters. The van der Waals surface area contributed by atoms with Crippen LogP contribution in [0.5, 0.6) is 0 Å². The van der Waals surface area contributed by atoms with E-state index in [1.165, 1.54) is 19.2 Å². The third-order valence-electron chi connectivity index (χ3n) is 3.64. The topological polar surface area (TPSA) is 113 Å². The van der Waals surface area contributed by atoms with Crippen LogP contribution in [0.2, 0.25) is 0 Å². The Kier molecular flexibility index (Phi) is 5.27. The van der Waals surface area contributed by atoms with Gasteiger partial charge in [0.25, 0.3) is 0 Å². The zero-order valence-corrected chi connectivity index (χ0v) is 14.3. The summed E-state index contributed by atoms with van der Waals surface area (Å²) < 4.78 is 4.77. The number of anilines is 4. The van der Waals surface area contributed by atoms with Gasteiger partial charge in [0.05, 0.1) is 23.9 Å². The van der Waals surface area contributed by atoms with Crippen LogP contribution in [0.3, 0.4) is 0 Å². The number of carboxylic acids is 1. The fourth-order valence-electron chi connectivity index (χ4n) is 2.33. The number of methoxy groups -OCH3 is 1. The van der Waals surface area contributed by atoms with Crippen molar-refractivity contribution < 1.29 is 19.4 Å². The summed E-state index contributed by atoms with van der Waals surface area (Å²) in [4.78, 5) is 31.2. The molecule has 0 saturated carbocycles. The molecule has 0 saturated heterocycles. The van der Waals surface area contributed by atoms with Crippen molar-refractivity contribution in [3.8, 4) is 0 Å². The first kappa shape index (κ1) is 17.9. The normalized spacial score (nSPS) is 10.1. The molecule has 3 N–H and O–H groups in total. The maximum Gasteiger partial charge on any atom is 0.339 e. The molecule has 3 aromatic rings. The first-order valence-electron chi connectivity index (χ1n) is 7.94. The highest BCUT2D eigenvalue weighted by Crippen LogP contribution is 2.21. The number of para-hydroxylation sites is 1. The predicted molar refractivity (Wildman–Crippen MR) is 99.8 cm³/mol. The van der Waals surface area contributed by atoms with Crippen LogP contribution in [-0.4, -0.2) is 34.1 Å². The second kappa shape index (κ2) is 7.96. The fourth-order valence-corrected chi connectivity index (χ4v) is 2.33. The molecule has 1 heterocycles. The Morgan fingerprint density at radius 1 is 1.00 bits per heavy atom. The van der Waals surface area contributed by atoms with Gasteiger partial charge in [0.2, 0.25) is 5.95 Å². The Morgan fingerprint density at radius 2 is 1.74 bits per heavy atom. The van der Waals surface area contributed by atoms with Gasteiger partial charge in [-0.2, -0.15) is 4.98 Å². The van der Waals surface area contributed by atoms with Crippen molar-refractivity contribution in [3.63, 3.8) is 0 Å². The molecule has 27 heavy (non-hydrogen) atoms. The number of hydrogen-bond acceptors (Lipinski definition) is 7. The monoisotopic (exact) mass is 364 g/mol. The van der Waals surface area contributed by atoms with Gasteiger partial charge in [0, 0.05) is 11.9 Å². The third-order valence-corrected chi connectivity index (χ3v) is 3.64. The summed E-state index contributed by atoms with van der Waals surface area (Å²) >= 11 is 0. The van der Waals surface area contributed by atoms with Crippen molar-refractivity contribution in [1.29, 1.82) is 0 Å². The zero-order valence-electron chi connectivity index (χ0n) is 14.3. The van der Waals surface area contributed by atoms with Crippen molar-refractivity contribution in [2.45, 2.75) is 0 Å². The van der Waals surface area contributed by atoms with E-state index in [9.17, 15) is 9.59 Å². The van der Waals surface area contributed by atoms with Crippen LogP contribution in [-0.2, 0) is 4.74 Å². The number of esters is 1. The number of benzene rings is 2. The molecule has 0 bridgehead atoms. The Bertz CT molecular complexity index is 973. The first-order chi connectivity index (χ1) is 13.1. The highest BCUT2D eigenvalue weighted by Gasteiger charge is 2.12. The molecule has 3 rings (SSSR count). The summed E-state index contributed by atoms with van der Waals surface area (Å²) in [5.41, 5.74) is 1.77. The predicted octanol–water partition coefficient (Wildman–Crippen LogP) is 3.45. The molecule has 0 radical (unpaired) electrons. The van der Waals surface area contributed by atoms with E-state index in [0.717, 1.165) is 0 Å². The zero-order chi connectivity index (χ0) is 19.2. The van der Waals surface area contributed by atoms with E-state index < -0.39 is 11.9 Å². The van der Waals surface area contributed by atoms with Gasteiger partial charge in [-0.3, -0.25) is 0 Å². The summed E-state index contributed by atoms with van der Waals surface area (Å²) in [6.07, 6.45) is 1.56. The van der Waals surface area contributed by atoms with Gasteiger partial charge in [-0.15, -0.1) is 0 Å². The van der Waals surface area contributed by atoms with Gasteiger partial charge in [0.1, 0.15) is 5.82 Å². The fraction of sp³-hybridized carbons (Fsp3) is 0.0526. The Hall–Kier alpha value is -3.94. The number of hydrogen-bond donors (Lipinski definition) is 3. The lowest BCUT2D eigenvalue weighted by Gasteiger charge is -2.11. The van der Waals surface area contributed by atoms with Crippen LogP contribution in [0.25, 0.3) is 0 Å². The van der Waals surface area contributed by atoms with Crippen molar-refractivity contribution in [2.24, 2.45) is 0 Å². The Labute approximate surface area is 154 Å². The summed E-state index contributed by atoms with van der Waals surface area (Å²) in [5.74, 6) is -0.658. The number of aromatic nitrogens is 2. The molecule has 8 nitrogen and oxygen atoms in total. The lowest BCUT2D eigenvalue weighted by Crippen LogP contribution is -2.07. The van der Waals surface area contributed by atoms with Crippen molar-refractivity contribution in [2.75, 3.05) is 17.7 Å². The number of rotatable bonds is 6. The van der Waals surface area contributed by atoms with E-state index in [2.05, 4.69) is 20.6 Å². The van der Waals surface area contributed by atoms with Gasteiger partial charge in [-0.05, 0) is 42.5 Å². The van der Waals surface area contributed by atoms with E-state index in [4.69, 9.17) is 9.84 Å². The lowest BCUT2D eigenvalue weighted by molar-refractivity contribution is 0.0601. The number of carbonyl (C=O) groups is 2. The maximum atomic E-state index is 11.9. The molecule has 0 aliphatic carbocycles. The van der Waals surface area contributed by atoms with E-state index in [0.29, 0.717) is 28.7 Å². The first-order valence-corrected chi connectivity index (χ1v) is 7.94. The average Bonchev–Trinajstić information content (AvgIpc) is 2.68. The lowest BCUT2D eigenvalue weighted by atomic mass is 10.2. The van der Waals surface area contributed by atoms with Crippen molar-refractivity contribution in [3.05, 3.63) is 71.9 Å². The Balaban J connectivity index is 1.78. The van der Waals surface area contributed by atoms with Crippen molar-refractivity contribution >= 4 is 35.1 Å². The number of aromatic carboxylic acids is 1. The van der Waals surface area contributed by atoms with E-state index in [1.807, 2.05) is 0 Å². The second-order valence-corrected chi connectivity index (χ2v) is 5.44. The number of carbonyl (C=O) groups excluding carboxylic acids is 1. The minimum Gasteiger partial charge on any atom is -0.478 e. The molecule has 0 aliphatic rings. The molecular weight excluding hydrogens is 348 g/mol. The summed E-state index contributed by atoms with van der Waals surface area (Å²) in [7, 11) is 1.32. The molecule has 8 heteroatoms. The van der Waals surface area contributed by atoms with Crippen LogP contribution in [0.4, 0.5) is 23.1 Å². The number of carboxylic acid groups (broad SMARTS) is 1. The molecular formula is C19H16N4O4. The highest BCUT2D eigenvalue weighted by molar-refractivity contribution is 5.96. The van der Waals surface area contributed by atoms with Gasteiger partial charge < -0.3 is 20.5 Å². The van der Waals surface area contributed by atoms with E-state index >= 15 is 0 Å². The molecule has 0 amide bonds. The van der Waals surface area contributed by atoms with E-state index in [-0.39, 0.29) is 5.56 Å². The van der Waals surface area contributed by atoms with Crippen LogP contribution in [0.1, 0.15) is 20.7 Å². The van der Waals surface area contributed by atoms with Crippen LogP contribution in [0.15, 0.2) is 60.8 Å². The van der Waals surface area contributed by atoms with Gasteiger partial charge in [-0.1, -0.05) is 12.1 Å². The largest absolute Gasteiger partial charge is 0.478 e. The summed E-state index contributed by atoms with van der Waals surface area (Å²) in [6, 6.07) is 14.8. The molecule has 1 aromatic heterocycles. The minimum atomic E-state index is -0.987. The van der Waals surface area contributed by atoms with Crippen LogP contribution in [0, 0.1) is 0 Å². The standard InChI is InChI=1S/C19H16N4O4/c1-27-18(26)14-4-2-3-5-15(14)22-19-20-11-10-16(23-19)21-13-8-6-12(7-9-13)17(24)25/h2-11H,1H3,(H,24,25)(H2,20,21,22,23). The number of nitrogens with one attached hydrogen (secondary N) is 2. The smallest absolute Gasteiger partial charge is 0.339 e. The van der Waals surface area contributed by atoms with E-state index in [1.54, 1.807) is 48.7 Å². The Morgan fingerprint density at radius 3 is 2.44 bits per heavy atom. The summed E-state index contributed by atoms with van der Waals surface area (Å²) in [5, 5.41) is 15.0. The molecule has 0 unspecified atom stereocenters. The van der Waals surface area contributed by atoms with Gasteiger partial charge in [0.15, 0.2) is 0 Å². The third kappa shape index (κ3) is 4.37. The second-order valence-electron chi connectivity index (χ2n) is 5.44. The molecule has 0 spiro atoms. The van der Waals surface area contributed by atoms with Crippen LogP contribution < -0.4 is 10.6 Å². The number of ether oxygens (including phenoxy) is 1. The number of nitrogens with zero attached hydrogens (tertiary/aromatic N) is 2. The maximum absolute atomic E-state index is 11.9. The average molecular weight is 364 g/mol. The van der Waals surface area contributed by atoms with Gasteiger partial charge in [-0.25, -0.2) is 14.6 Å². The molecule has 136 valence electrons. The van der Waals surface area contributed by atoms with Gasteiger partial charge >= 0.3 is 11.9 Å². The molecule has 0 fully saturated rings. The molecule has 2 aromatic carbocycles. The highest BCUT2D eigenvalue weighted by atomic mass is 16.5. The quantitative estimate of drug-likeness (QED) is 0.570. The van der Waals surface area contributed by atoms with Crippen LogP contribution >= 0.6 is 0 Å². The molecule has 0 aliphatic heterocycles. The van der Waals surface area contributed by atoms with Crippen molar-refractivity contribution in [1.82, 2.24) is 9.97 Å². The minimum absolute atomic E-state index is 0.199. The summed E-state index contributed by atoms with van der Waals surface area (Å²) in [6.45, 7) is 0. The SMILES string of the molecule is COC(=O)c1ccccc1Nc1nccc(Nc2ccc(C(=O)O)cc2)n1.